The number of nitrogens with one attached hydrogen (secondary N) is 1. The van der Waals surface area contributed by atoms with E-state index in [0.717, 1.165) is 44.0 Å². The maximum atomic E-state index is 9.53. The molecule has 3 unspecified atom stereocenters. The summed E-state index contributed by atoms with van der Waals surface area (Å²) in [4.78, 5) is 11.1. The van der Waals surface area contributed by atoms with Crippen molar-refractivity contribution in [3.8, 4) is 0 Å². The van der Waals surface area contributed by atoms with Crippen molar-refractivity contribution < 1.29 is 9.84 Å². The molecule has 6 nitrogen and oxygen atoms in total. The number of aliphatic hydroxyl groups is 1. The number of aromatic nitrogens is 2. The summed E-state index contributed by atoms with van der Waals surface area (Å²) in [5.74, 6) is 1.82. The summed E-state index contributed by atoms with van der Waals surface area (Å²) >= 11 is 0. The number of ether oxygens (including phenoxy) is 1. The number of anilines is 2. The normalized spacial score (nSPS) is 30.9. The minimum Gasteiger partial charge on any atom is -0.394 e. The van der Waals surface area contributed by atoms with Gasteiger partial charge in [-0.2, -0.15) is 0 Å². The maximum Gasteiger partial charge on any atom is 0.134 e. The highest BCUT2D eigenvalue weighted by Crippen LogP contribution is 2.58. The zero-order valence-corrected chi connectivity index (χ0v) is 14.4. The van der Waals surface area contributed by atoms with Crippen molar-refractivity contribution in [1.82, 2.24) is 9.97 Å². The van der Waals surface area contributed by atoms with Crippen molar-refractivity contribution in [2.75, 3.05) is 30.0 Å². The first-order valence-corrected chi connectivity index (χ1v) is 9.34. The third kappa shape index (κ3) is 2.56. The Morgan fingerprint density at radius 2 is 2.25 bits per heavy atom. The molecule has 1 saturated heterocycles. The fourth-order valence-corrected chi connectivity index (χ4v) is 4.73. The molecule has 2 N–H and O–H groups in total. The van der Waals surface area contributed by atoms with Gasteiger partial charge in [-0.1, -0.05) is 6.42 Å². The molecular formula is C18H28N4O2. The van der Waals surface area contributed by atoms with E-state index in [0.29, 0.717) is 17.6 Å². The average Bonchev–Trinajstić information content (AvgIpc) is 3.01. The van der Waals surface area contributed by atoms with Gasteiger partial charge in [0.25, 0.3) is 0 Å². The van der Waals surface area contributed by atoms with Crippen LogP contribution in [0.4, 0.5) is 11.6 Å². The van der Waals surface area contributed by atoms with Crippen LogP contribution in [0.1, 0.15) is 45.4 Å². The van der Waals surface area contributed by atoms with Crippen molar-refractivity contribution in [3.63, 3.8) is 0 Å². The van der Waals surface area contributed by atoms with E-state index in [1.165, 1.54) is 19.3 Å². The Hall–Kier alpha value is -1.40. The lowest BCUT2D eigenvalue weighted by atomic mass is 9.51. The van der Waals surface area contributed by atoms with Crippen LogP contribution in [0.3, 0.4) is 0 Å². The topological polar surface area (TPSA) is 70.5 Å². The zero-order chi connectivity index (χ0) is 16.6. The Kier molecular flexibility index (Phi) is 4.35. The molecule has 0 aromatic carbocycles. The number of hydrogen-bond donors (Lipinski definition) is 2. The molecule has 0 amide bonds. The van der Waals surface area contributed by atoms with Gasteiger partial charge in [0.15, 0.2) is 0 Å². The van der Waals surface area contributed by atoms with Crippen LogP contribution in [-0.4, -0.2) is 53.0 Å². The summed E-state index contributed by atoms with van der Waals surface area (Å²) in [6.45, 7) is 4.03. The highest BCUT2D eigenvalue weighted by Gasteiger charge is 2.59. The minimum atomic E-state index is 0.189. The summed E-state index contributed by atoms with van der Waals surface area (Å²) in [5, 5.41) is 13.2. The van der Waals surface area contributed by atoms with Gasteiger partial charge in [-0.25, -0.2) is 9.97 Å². The predicted molar refractivity (Wildman–Crippen MR) is 93.2 cm³/mol. The van der Waals surface area contributed by atoms with E-state index >= 15 is 0 Å². The van der Waals surface area contributed by atoms with Gasteiger partial charge in [0.1, 0.15) is 18.0 Å². The molecule has 1 spiro atoms. The van der Waals surface area contributed by atoms with Gasteiger partial charge in [0.05, 0.1) is 18.8 Å². The van der Waals surface area contributed by atoms with Crippen LogP contribution < -0.4 is 10.2 Å². The van der Waals surface area contributed by atoms with Crippen LogP contribution in [0.2, 0.25) is 0 Å². The van der Waals surface area contributed by atoms with E-state index in [2.05, 4.69) is 27.1 Å². The van der Waals surface area contributed by atoms with Crippen LogP contribution in [-0.2, 0) is 4.74 Å². The second-order valence-corrected chi connectivity index (χ2v) is 7.40. The lowest BCUT2D eigenvalue weighted by Crippen LogP contribution is -2.64. The molecule has 3 fully saturated rings. The predicted octanol–water partition coefficient (Wildman–Crippen LogP) is 2.20. The summed E-state index contributed by atoms with van der Waals surface area (Å²) in [5.41, 5.74) is 0.322. The highest BCUT2D eigenvalue weighted by atomic mass is 16.5. The lowest BCUT2D eigenvalue weighted by Gasteiger charge is -2.61. The van der Waals surface area contributed by atoms with Gasteiger partial charge in [0, 0.05) is 30.7 Å². The van der Waals surface area contributed by atoms with E-state index in [1.807, 2.05) is 6.07 Å². The Bertz CT molecular complexity index is 578. The molecule has 24 heavy (non-hydrogen) atoms. The summed E-state index contributed by atoms with van der Waals surface area (Å²) < 4.78 is 5.93. The molecule has 132 valence electrons. The van der Waals surface area contributed by atoms with Crippen molar-refractivity contribution in [3.05, 3.63) is 12.4 Å². The number of rotatable bonds is 6. The van der Waals surface area contributed by atoms with Crippen molar-refractivity contribution >= 4 is 11.6 Å². The average molecular weight is 332 g/mol. The molecule has 2 heterocycles. The van der Waals surface area contributed by atoms with Crippen LogP contribution in [0.5, 0.6) is 0 Å². The van der Waals surface area contributed by atoms with Crippen LogP contribution in [0, 0.1) is 5.41 Å². The Balaban J connectivity index is 1.45. The summed E-state index contributed by atoms with van der Waals surface area (Å²) in [6, 6.07) is 2.68. The van der Waals surface area contributed by atoms with Crippen molar-refractivity contribution in [1.29, 1.82) is 0 Å². The number of nitrogens with zero attached hydrogens (tertiary/aromatic N) is 3. The monoisotopic (exact) mass is 332 g/mol. The molecule has 3 aliphatic rings. The smallest absolute Gasteiger partial charge is 0.134 e. The van der Waals surface area contributed by atoms with E-state index in [1.54, 1.807) is 6.33 Å². The first-order valence-electron chi connectivity index (χ1n) is 9.34. The molecule has 1 aliphatic heterocycles. The molecule has 2 saturated carbocycles. The fraction of sp³-hybridized carbons (Fsp3) is 0.778. The van der Waals surface area contributed by atoms with Gasteiger partial charge in [-0.15, -0.1) is 0 Å². The quantitative estimate of drug-likeness (QED) is 0.832. The van der Waals surface area contributed by atoms with Gasteiger partial charge < -0.3 is 20.1 Å². The Labute approximate surface area is 143 Å². The second-order valence-electron chi connectivity index (χ2n) is 7.40. The molecular weight excluding hydrogens is 304 g/mol. The second kappa shape index (κ2) is 6.48. The molecule has 3 atom stereocenters. The van der Waals surface area contributed by atoms with Crippen molar-refractivity contribution in [2.45, 2.75) is 63.6 Å². The van der Waals surface area contributed by atoms with Crippen LogP contribution in [0.25, 0.3) is 0 Å². The molecule has 1 aromatic heterocycles. The molecule has 0 radical (unpaired) electrons. The van der Waals surface area contributed by atoms with E-state index < -0.39 is 0 Å². The third-order valence-corrected chi connectivity index (χ3v) is 6.29. The summed E-state index contributed by atoms with van der Waals surface area (Å²) in [6.07, 6.45) is 9.07. The lowest BCUT2D eigenvalue weighted by molar-refractivity contribution is -0.157. The third-order valence-electron chi connectivity index (χ3n) is 6.29. The van der Waals surface area contributed by atoms with E-state index in [-0.39, 0.29) is 12.6 Å². The highest BCUT2D eigenvalue weighted by molar-refractivity contribution is 5.51. The fourth-order valence-electron chi connectivity index (χ4n) is 4.73. The van der Waals surface area contributed by atoms with Crippen LogP contribution >= 0.6 is 0 Å². The van der Waals surface area contributed by atoms with Gasteiger partial charge in [0.2, 0.25) is 0 Å². The summed E-state index contributed by atoms with van der Waals surface area (Å²) in [7, 11) is 0. The first-order chi connectivity index (χ1) is 11.8. The minimum absolute atomic E-state index is 0.189. The van der Waals surface area contributed by atoms with Crippen LogP contribution in [0.15, 0.2) is 12.4 Å². The van der Waals surface area contributed by atoms with Crippen molar-refractivity contribution in [2.24, 2.45) is 5.41 Å². The Morgan fingerprint density at radius 1 is 1.38 bits per heavy atom. The zero-order valence-electron chi connectivity index (χ0n) is 14.4. The number of aliphatic hydroxyl groups excluding tert-OH is 1. The largest absolute Gasteiger partial charge is 0.394 e. The van der Waals surface area contributed by atoms with Gasteiger partial charge >= 0.3 is 0 Å². The number of hydrogen-bond acceptors (Lipinski definition) is 6. The van der Waals surface area contributed by atoms with E-state index in [9.17, 15) is 5.11 Å². The molecule has 1 aromatic rings. The first kappa shape index (κ1) is 16.1. The molecule has 2 aliphatic carbocycles. The SMILES string of the molecule is CCOC1CC(Nc2cc(N3CCCC3CO)ncn2)C12CCC2. The Morgan fingerprint density at radius 3 is 2.96 bits per heavy atom. The van der Waals surface area contributed by atoms with Gasteiger partial charge in [-0.05, 0) is 39.0 Å². The maximum absolute atomic E-state index is 9.53. The van der Waals surface area contributed by atoms with Gasteiger partial charge in [-0.3, -0.25) is 0 Å². The molecule has 4 rings (SSSR count). The molecule has 6 heteroatoms. The standard InChI is InChI=1S/C18H28N4O2/c1-2-24-15-9-14(18(15)6-4-7-18)21-16-10-17(20-12-19-16)22-8-3-5-13(22)11-23/h10,12-15,23H,2-9,11H2,1H3,(H,19,20,21). The van der Waals surface area contributed by atoms with E-state index in [4.69, 9.17) is 4.74 Å². The molecule has 0 bridgehead atoms.